The Kier molecular flexibility index (Phi) is 4.25. The highest BCUT2D eigenvalue weighted by atomic mass is 32.2. The number of benzene rings is 1. The average molecular weight is 416 g/mol. The van der Waals surface area contributed by atoms with E-state index in [2.05, 4.69) is 10.0 Å². The predicted molar refractivity (Wildman–Crippen MR) is 108 cm³/mol. The molecule has 1 fully saturated rings. The average Bonchev–Trinajstić information content (AvgIpc) is 3.03. The second-order valence-corrected chi connectivity index (χ2v) is 9.89. The van der Waals surface area contributed by atoms with Gasteiger partial charge in [0.25, 0.3) is 5.91 Å². The summed E-state index contributed by atoms with van der Waals surface area (Å²) in [5, 5.41) is 3.38. The lowest BCUT2D eigenvalue weighted by molar-refractivity contribution is 0.0673. The number of furan rings is 1. The van der Waals surface area contributed by atoms with Gasteiger partial charge < -0.3 is 14.6 Å². The van der Waals surface area contributed by atoms with E-state index in [0.717, 1.165) is 42.6 Å². The number of likely N-dealkylation sites (tertiary alicyclic amines) is 1. The van der Waals surface area contributed by atoms with Crippen molar-refractivity contribution in [3.63, 3.8) is 0 Å². The number of sulfonamides is 1. The number of rotatable bonds is 1. The van der Waals surface area contributed by atoms with E-state index in [1.807, 2.05) is 17.9 Å². The van der Waals surface area contributed by atoms with E-state index in [-0.39, 0.29) is 10.8 Å². The van der Waals surface area contributed by atoms with Gasteiger partial charge in [0.05, 0.1) is 11.3 Å². The molecule has 3 aliphatic rings. The Balaban J connectivity index is 1.36. The molecule has 29 heavy (non-hydrogen) atoms. The summed E-state index contributed by atoms with van der Waals surface area (Å²) in [6.07, 6.45) is 4.99. The maximum atomic E-state index is 13.3. The van der Waals surface area contributed by atoms with Crippen molar-refractivity contribution in [3.05, 3.63) is 46.9 Å². The molecular weight excluding hydrogens is 390 g/mol. The van der Waals surface area contributed by atoms with Crippen LogP contribution in [0.1, 0.15) is 53.1 Å². The van der Waals surface area contributed by atoms with Crippen molar-refractivity contribution in [2.24, 2.45) is 0 Å². The van der Waals surface area contributed by atoms with Crippen LogP contribution in [0.25, 0.3) is 0 Å². The van der Waals surface area contributed by atoms with Crippen molar-refractivity contribution in [3.8, 4) is 0 Å². The number of anilines is 1. The van der Waals surface area contributed by atoms with Gasteiger partial charge in [0, 0.05) is 37.9 Å². The lowest BCUT2D eigenvalue weighted by atomic mass is 9.92. The molecule has 0 atom stereocenters. The second-order valence-electron chi connectivity index (χ2n) is 8.24. The highest BCUT2D eigenvalue weighted by molar-refractivity contribution is 7.89. The van der Waals surface area contributed by atoms with E-state index in [9.17, 15) is 13.2 Å². The van der Waals surface area contributed by atoms with Crippen LogP contribution in [0.4, 0.5) is 5.69 Å². The SMILES string of the molecule is Cc1oc2c(c1C(=O)N1CCC3(CC1)Nc1ccccc1S(=O)(=O)N3)CCCC2. The molecular formula is C21H25N3O4S. The first-order chi connectivity index (χ1) is 13.9. The summed E-state index contributed by atoms with van der Waals surface area (Å²) in [4.78, 5) is 15.4. The van der Waals surface area contributed by atoms with Crippen LogP contribution < -0.4 is 10.0 Å². The highest BCUT2D eigenvalue weighted by Crippen LogP contribution is 2.36. The van der Waals surface area contributed by atoms with Gasteiger partial charge in [0.15, 0.2) is 0 Å². The van der Waals surface area contributed by atoms with E-state index in [4.69, 9.17) is 4.42 Å². The molecule has 1 amide bonds. The molecule has 8 heteroatoms. The molecule has 1 aromatic carbocycles. The molecule has 7 nitrogen and oxygen atoms in total. The van der Waals surface area contributed by atoms with Crippen LogP contribution in [0.2, 0.25) is 0 Å². The number of hydrogen-bond acceptors (Lipinski definition) is 5. The van der Waals surface area contributed by atoms with Crippen molar-refractivity contribution in [1.29, 1.82) is 0 Å². The molecule has 5 rings (SSSR count). The molecule has 154 valence electrons. The van der Waals surface area contributed by atoms with Gasteiger partial charge in [-0.15, -0.1) is 0 Å². The molecule has 1 aromatic heterocycles. The molecule has 2 aliphatic heterocycles. The van der Waals surface area contributed by atoms with Gasteiger partial charge in [-0.05, 0) is 38.3 Å². The largest absolute Gasteiger partial charge is 0.465 e. The summed E-state index contributed by atoms with van der Waals surface area (Å²) in [6, 6.07) is 6.92. The number of hydrogen-bond donors (Lipinski definition) is 2. The topological polar surface area (TPSA) is 91.7 Å². The van der Waals surface area contributed by atoms with Crippen LogP contribution in [0.5, 0.6) is 0 Å². The van der Waals surface area contributed by atoms with Crippen molar-refractivity contribution in [2.45, 2.75) is 56.0 Å². The van der Waals surface area contributed by atoms with E-state index < -0.39 is 15.7 Å². The molecule has 1 saturated heterocycles. The van der Waals surface area contributed by atoms with Crippen LogP contribution in [0, 0.1) is 6.92 Å². The van der Waals surface area contributed by atoms with Crippen LogP contribution in [-0.4, -0.2) is 38.0 Å². The first-order valence-corrected chi connectivity index (χ1v) is 11.7. The van der Waals surface area contributed by atoms with E-state index in [1.165, 1.54) is 0 Å². The van der Waals surface area contributed by atoms with Gasteiger partial charge in [0.2, 0.25) is 10.0 Å². The maximum Gasteiger partial charge on any atom is 0.257 e. The number of aryl methyl sites for hydroxylation is 2. The molecule has 0 saturated carbocycles. The summed E-state index contributed by atoms with van der Waals surface area (Å²) in [5.74, 6) is 1.67. The van der Waals surface area contributed by atoms with E-state index in [1.54, 1.807) is 18.2 Å². The zero-order chi connectivity index (χ0) is 20.2. The Morgan fingerprint density at radius 3 is 2.66 bits per heavy atom. The summed E-state index contributed by atoms with van der Waals surface area (Å²) in [5.41, 5.74) is 1.66. The number of amides is 1. The molecule has 0 bridgehead atoms. The minimum Gasteiger partial charge on any atom is -0.465 e. The first-order valence-electron chi connectivity index (χ1n) is 10.2. The Hall–Kier alpha value is -2.32. The fraction of sp³-hybridized carbons (Fsp3) is 0.476. The van der Waals surface area contributed by atoms with Gasteiger partial charge in [-0.3, -0.25) is 4.79 Å². The van der Waals surface area contributed by atoms with Crippen molar-refractivity contribution >= 4 is 21.6 Å². The Morgan fingerprint density at radius 1 is 1.14 bits per heavy atom. The molecule has 0 radical (unpaired) electrons. The van der Waals surface area contributed by atoms with Gasteiger partial charge in [-0.1, -0.05) is 12.1 Å². The minimum atomic E-state index is -3.58. The third-order valence-electron chi connectivity index (χ3n) is 6.35. The number of para-hydroxylation sites is 1. The summed E-state index contributed by atoms with van der Waals surface area (Å²) >= 11 is 0. The first kappa shape index (κ1) is 18.7. The minimum absolute atomic E-state index is 0.00307. The predicted octanol–water partition coefficient (Wildman–Crippen LogP) is 2.80. The Bertz CT molecular complexity index is 1080. The summed E-state index contributed by atoms with van der Waals surface area (Å²) < 4.78 is 34.1. The number of carbonyl (C=O) groups is 1. The molecule has 1 spiro atoms. The lowest BCUT2D eigenvalue weighted by Crippen LogP contribution is -2.62. The fourth-order valence-corrected chi connectivity index (χ4v) is 6.40. The molecule has 3 heterocycles. The zero-order valence-corrected chi connectivity index (χ0v) is 17.3. The van der Waals surface area contributed by atoms with Gasteiger partial charge in [-0.2, -0.15) is 4.72 Å². The van der Waals surface area contributed by atoms with E-state index >= 15 is 0 Å². The fourth-order valence-electron chi connectivity index (χ4n) is 4.86. The highest BCUT2D eigenvalue weighted by Gasteiger charge is 2.44. The van der Waals surface area contributed by atoms with Gasteiger partial charge in [-0.25, -0.2) is 8.42 Å². The number of nitrogens with one attached hydrogen (secondary N) is 2. The van der Waals surface area contributed by atoms with Crippen molar-refractivity contribution in [1.82, 2.24) is 9.62 Å². The van der Waals surface area contributed by atoms with Crippen LogP contribution >= 0.6 is 0 Å². The van der Waals surface area contributed by atoms with Gasteiger partial charge in [0.1, 0.15) is 22.1 Å². The Morgan fingerprint density at radius 2 is 1.86 bits per heavy atom. The third-order valence-corrected chi connectivity index (χ3v) is 7.94. The number of piperidine rings is 1. The Labute approximate surface area is 170 Å². The quantitative estimate of drug-likeness (QED) is 0.747. The summed E-state index contributed by atoms with van der Waals surface area (Å²) in [6.45, 7) is 2.83. The smallest absolute Gasteiger partial charge is 0.257 e. The van der Waals surface area contributed by atoms with Crippen LogP contribution in [0.3, 0.4) is 0 Å². The third kappa shape index (κ3) is 3.05. The van der Waals surface area contributed by atoms with Crippen LogP contribution in [-0.2, 0) is 22.9 Å². The van der Waals surface area contributed by atoms with Crippen LogP contribution in [0.15, 0.2) is 33.6 Å². The molecule has 2 aromatic rings. The van der Waals surface area contributed by atoms with E-state index in [0.29, 0.717) is 37.4 Å². The maximum absolute atomic E-state index is 13.3. The van der Waals surface area contributed by atoms with Crippen molar-refractivity contribution in [2.75, 3.05) is 18.4 Å². The summed E-state index contributed by atoms with van der Waals surface area (Å²) in [7, 11) is -3.58. The number of fused-ring (bicyclic) bond motifs is 2. The standard InChI is InChI=1S/C21H25N3O4S/c1-14-19(15-6-2-4-8-17(15)28-14)20(25)24-12-10-21(11-13-24)22-16-7-3-5-9-18(16)29(26,27)23-21/h3,5,7,9,22-23H,2,4,6,8,10-13H2,1H3. The normalized spacial score (nSPS) is 21.9. The molecule has 2 N–H and O–H groups in total. The second kappa shape index (κ2) is 6.60. The number of carbonyl (C=O) groups excluding carboxylic acids is 1. The van der Waals surface area contributed by atoms with Gasteiger partial charge >= 0.3 is 0 Å². The lowest BCUT2D eigenvalue weighted by Gasteiger charge is -2.45. The molecule has 0 unspecified atom stereocenters. The number of nitrogens with zero attached hydrogens (tertiary/aromatic N) is 1. The van der Waals surface area contributed by atoms with Crippen molar-refractivity contribution < 1.29 is 17.6 Å². The molecule has 1 aliphatic carbocycles. The monoisotopic (exact) mass is 415 g/mol. The zero-order valence-electron chi connectivity index (χ0n) is 16.5.